The topological polar surface area (TPSA) is 27.7 Å². The average molecular weight is 283 g/mol. The van der Waals surface area contributed by atoms with Gasteiger partial charge in [-0.2, -0.15) is 0 Å². The summed E-state index contributed by atoms with van der Waals surface area (Å²) in [7, 11) is -1.71. The highest BCUT2D eigenvalue weighted by atomic mass is 28.3. The van der Waals surface area contributed by atoms with Gasteiger partial charge >= 0.3 is 10.0 Å². The van der Waals surface area contributed by atoms with Crippen LogP contribution in [-0.4, -0.2) is 62.0 Å². The molecule has 3 nitrogen and oxygen atoms in total. The molecule has 0 atom stereocenters. The first kappa shape index (κ1) is 15.7. The van der Waals surface area contributed by atoms with Gasteiger partial charge in [0.1, 0.15) is 0 Å². The molecule has 0 saturated heterocycles. The van der Waals surface area contributed by atoms with Crippen LogP contribution in [-0.2, 0) is 13.6 Å². The highest BCUT2D eigenvalue weighted by Crippen LogP contribution is 1.99. The second-order valence-electron chi connectivity index (χ2n) is 4.90. The number of hydrogen-bond acceptors (Lipinski definition) is 3. The van der Waals surface area contributed by atoms with E-state index in [1.807, 2.05) is 0 Å². The lowest BCUT2D eigenvalue weighted by atomic mass is 11.5. The van der Waals surface area contributed by atoms with Gasteiger partial charge in [0.15, 0.2) is 0 Å². The third-order valence-electron chi connectivity index (χ3n) is 1.63. The fourth-order valence-electron chi connectivity index (χ4n) is 0.963. The zero-order chi connectivity index (χ0) is 11.6. The van der Waals surface area contributed by atoms with Gasteiger partial charge in [0.05, 0.1) is 17.6 Å². The summed E-state index contributed by atoms with van der Waals surface area (Å²) in [5.74, 6) is 0. The summed E-state index contributed by atoms with van der Waals surface area (Å²) in [6.45, 7) is 9.26. The molecule has 0 heterocycles. The molecule has 0 N–H and O–H groups in total. The van der Waals surface area contributed by atoms with E-state index in [2.05, 4.69) is 26.2 Å². The molecule has 0 rings (SSSR count). The number of ether oxygens (including phenoxy) is 1. The lowest BCUT2D eigenvalue weighted by Gasteiger charge is -2.15. The fraction of sp³-hybridized carbons (Fsp3) is 1.00. The largest absolute Gasteiger partial charge is 0.403 e. The first-order valence-corrected chi connectivity index (χ1v) is 15.1. The van der Waals surface area contributed by atoms with Crippen LogP contribution in [0.1, 0.15) is 0 Å². The van der Waals surface area contributed by atoms with Crippen LogP contribution in [0.2, 0.25) is 26.2 Å². The van der Waals surface area contributed by atoms with Crippen molar-refractivity contribution in [2.45, 2.75) is 26.2 Å². The summed E-state index contributed by atoms with van der Waals surface area (Å²) >= 11 is 0. The minimum atomic E-state index is -0.996. The van der Waals surface area contributed by atoms with E-state index in [0.717, 1.165) is 24.9 Å². The Bertz CT molecular complexity index is 140. The van der Waals surface area contributed by atoms with Gasteiger partial charge in [0.25, 0.3) is 0 Å². The smallest absolute Gasteiger partial charge is 0.303 e. The van der Waals surface area contributed by atoms with Crippen molar-refractivity contribution in [3.63, 3.8) is 0 Å². The highest BCUT2D eigenvalue weighted by molar-refractivity contribution is 6.76. The molecule has 0 bridgehead atoms. The van der Waals surface area contributed by atoms with Crippen LogP contribution >= 0.6 is 0 Å². The Labute approximate surface area is 102 Å². The van der Waals surface area contributed by atoms with Crippen molar-refractivity contribution in [3.05, 3.63) is 0 Å². The lowest BCUT2D eigenvalue weighted by Crippen LogP contribution is -2.29. The van der Waals surface area contributed by atoms with Crippen LogP contribution < -0.4 is 0 Å². The lowest BCUT2D eigenvalue weighted by molar-refractivity contribution is 0.217. The molecule has 0 aliphatic heterocycles. The second-order valence-corrected chi connectivity index (χ2v) is 14.3. The molecule has 0 fully saturated rings. The SMILES string of the molecule is C[SiH2]CO[SiH2]OC[SiH2]COC[Si](C)(C)C. The summed E-state index contributed by atoms with van der Waals surface area (Å²) in [4.78, 5) is 0. The molecule has 0 aliphatic carbocycles. The van der Waals surface area contributed by atoms with Crippen molar-refractivity contribution < 1.29 is 13.6 Å². The van der Waals surface area contributed by atoms with Crippen molar-refractivity contribution in [3.8, 4) is 0 Å². The fourth-order valence-corrected chi connectivity index (χ4v) is 5.51. The zero-order valence-corrected chi connectivity index (χ0v) is 15.9. The normalized spacial score (nSPS) is 14.4. The summed E-state index contributed by atoms with van der Waals surface area (Å²) in [5, 5.41) is 0. The average Bonchev–Trinajstić information content (AvgIpc) is 2.14. The predicted molar refractivity (Wildman–Crippen MR) is 77.6 cm³/mol. The van der Waals surface area contributed by atoms with Gasteiger partial charge in [-0.15, -0.1) is 0 Å². The molecule has 92 valence electrons. The van der Waals surface area contributed by atoms with E-state index in [9.17, 15) is 0 Å². The molecule has 0 aromatic carbocycles. The van der Waals surface area contributed by atoms with Crippen molar-refractivity contribution in [1.29, 1.82) is 0 Å². The molecule has 0 aliphatic rings. The Balaban J connectivity index is 2.99. The molecule has 0 unspecified atom stereocenters. The maximum Gasteiger partial charge on any atom is 0.303 e. The Morgan fingerprint density at radius 2 is 1.67 bits per heavy atom. The van der Waals surface area contributed by atoms with Gasteiger partial charge in [0.2, 0.25) is 0 Å². The maximum atomic E-state index is 5.65. The van der Waals surface area contributed by atoms with Gasteiger partial charge in [-0.3, -0.25) is 0 Å². The van der Waals surface area contributed by atoms with Crippen LogP contribution in [0.25, 0.3) is 0 Å². The molecule has 15 heavy (non-hydrogen) atoms. The minimum Gasteiger partial charge on any atom is -0.403 e. The summed E-state index contributed by atoms with van der Waals surface area (Å²) in [6.07, 6.45) is 3.92. The molecule has 7 heteroatoms. The van der Waals surface area contributed by atoms with E-state index in [1.165, 1.54) is 0 Å². The van der Waals surface area contributed by atoms with Crippen LogP contribution in [0, 0.1) is 0 Å². The van der Waals surface area contributed by atoms with E-state index in [1.54, 1.807) is 0 Å². The number of rotatable bonds is 10. The quantitative estimate of drug-likeness (QED) is 0.387. The van der Waals surface area contributed by atoms with Gasteiger partial charge < -0.3 is 13.6 Å². The standard InChI is InChI=1S/C8H26O3Si4/c1-12-6-10-14-11-7-13-5-9-8-15(2,3)4/h5-8,12-14H2,1-4H3. The Morgan fingerprint density at radius 1 is 1.00 bits per heavy atom. The Morgan fingerprint density at radius 3 is 2.27 bits per heavy atom. The van der Waals surface area contributed by atoms with Crippen molar-refractivity contribution in [2.75, 3.05) is 24.9 Å². The minimum absolute atomic E-state index is 0.0744. The molecule has 0 radical (unpaired) electrons. The molecular formula is C8H26O3Si4. The van der Waals surface area contributed by atoms with Crippen molar-refractivity contribution in [2.24, 2.45) is 0 Å². The Kier molecular flexibility index (Phi) is 10.4. The van der Waals surface area contributed by atoms with E-state index in [4.69, 9.17) is 13.6 Å². The first-order chi connectivity index (χ1) is 7.06. The van der Waals surface area contributed by atoms with E-state index in [0.29, 0.717) is 0 Å². The van der Waals surface area contributed by atoms with Crippen LogP contribution in [0.5, 0.6) is 0 Å². The van der Waals surface area contributed by atoms with Gasteiger partial charge in [-0.1, -0.05) is 26.2 Å². The molecule has 0 spiro atoms. The molecule has 0 saturated carbocycles. The highest BCUT2D eigenvalue weighted by Gasteiger charge is 2.12. The third kappa shape index (κ3) is 14.7. The van der Waals surface area contributed by atoms with Crippen molar-refractivity contribution in [1.82, 2.24) is 0 Å². The van der Waals surface area contributed by atoms with Gasteiger partial charge in [0, 0.05) is 34.4 Å². The predicted octanol–water partition coefficient (Wildman–Crippen LogP) is -0.829. The third-order valence-corrected chi connectivity index (χ3v) is 6.61. The molecular weight excluding hydrogens is 256 g/mol. The monoisotopic (exact) mass is 282 g/mol. The van der Waals surface area contributed by atoms with E-state index < -0.39 is 18.1 Å². The van der Waals surface area contributed by atoms with Crippen LogP contribution in [0.4, 0.5) is 0 Å². The van der Waals surface area contributed by atoms with Crippen molar-refractivity contribution >= 4 is 37.1 Å². The molecule has 0 aromatic rings. The zero-order valence-electron chi connectivity index (χ0n) is 10.7. The van der Waals surface area contributed by atoms with Crippen LogP contribution in [0.15, 0.2) is 0 Å². The van der Waals surface area contributed by atoms with E-state index >= 15 is 0 Å². The van der Waals surface area contributed by atoms with Gasteiger partial charge in [-0.25, -0.2) is 0 Å². The second kappa shape index (κ2) is 9.94. The molecule has 0 amide bonds. The van der Waals surface area contributed by atoms with Crippen LogP contribution in [0.3, 0.4) is 0 Å². The molecule has 0 aromatic heterocycles. The summed E-state index contributed by atoms with van der Waals surface area (Å²) in [5.41, 5.74) is 0. The first-order valence-electron chi connectivity index (χ1n) is 5.79. The summed E-state index contributed by atoms with van der Waals surface area (Å²) in [6, 6.07) is 0. The van der Waals surface area contributed by atoms with E-state index in [-0.39, 0.29) is 19.0 Å². The maximum absolute atomic E-state index is 5.65. The van der Waals surface area contributed by atoms with Gasteiger partial charge in [-0.05, 0) is 0 Å². The number of hydrogen-bond donors (Lipinski definition) is 0. The summed E-state index contributed by atoms with van der Waals surface area (Å²) < 4.78 is 16.6. The Hall–Kier alpha value is 0.748.